The lowest BCUT2D eigenvalue weighted by atomic mass is 10.1. The maximum Gasteiger partial charge on any atom is 0.155 e. The Bertz CT molecular complexity index is 474. The second-order valence-corrected chi connectivity index (χ2v) is 3.80. The van der Waals surface area contributed by atoms with Crippen molar-refractivity contribution in [1.82, 2.24) is 19.3 Å². The largest absolute Gasteiger partial charge is 0.300 e. The number of imidazole rings is 1. The van der Waals surface area contributed by atoms with Gasteiger partial charge in [0.2, 0.25) is 0 Å². The Balaban J connectivity index is 2.25. The lowest BCUT2D eigenvalue weighted by molar-refractivity contribution is 0.306. The van der Waals surface area contributed by atoms with E-state index in [-0.39, 0.29) is 0 Å². The van der Waals surface area contributed by atoms with Gasteiger partial charge in [-0.1, -0.05) is 0 Å². The van der Waals surface area contributed by atoms with Gasteiger partial charge in [0.15, 0.2) is 5.65 Å². The van der Waals surface area contributed by atoms with E-state index in [1.54, 1.807) is 0 Å². The number of hydrogen-bond acceptors (Lipinski definition) is 3. The van der Waals surface area contributed by atoms with Crippen LogP contribution in [-0.4, -0.2) is 32.9 Å². The molecule has 4 nitrogen and oxygen atoms in total. The number of nitrogens with zero attached hydrogens (tertiary/aromatic N) is 4. The van der Waals surface area contributed by atoms with E-state index in [2.05, 4.69) is 26.3 Å². The van der Waals surface area contributed by atoms with Crippen LogP contribution in [0.4, 0.5) is 0 Å². The van der Waals surface area contributed by atoms with Gasteiger partial charge >= 0.3 is 0 Å². The predicted octanol–water partition coefficient (Wildman–Crippen LogP) is 0.717. The van der Waals surface area contributed by atoms with Crippen molar-refractivity contribution in [2.75, 3.05) is 13.6 Å². The first kappa shape index (κ1) is 7.94. The number of likely N-dealkylation sites (N-methyl/N-ethyl adjacent to an activating group) is 1. The Kier molecular flexibility index (Phi) is 1.58. The molecule has 0 saturated carbocycles. The normalized spacial score (nSPS) is 17.2. The molecular formula is C10H12N4. The molecular weight excluding hydrogens is 176 g/mol. The van der Waals surface area contributed by atoms with Gasteiger partial charge in [0, 0.05) is 31.9 Å². The van der Waals surface area contributed by atoms with E-state index in [9.17, 15) is 0 Å². The molecule has 0 bridgehead atoms. The summed E-state index contributed by atoms with van der Waals surface area (Å²) >= 11 is 0. The quantitative estimate of drug-likeness (QED) is 0.610. The molecule has 4 heteroatoms. The third-order valence-corrected chi connectivity index (χ3v) is 2.76. The molecule has 0 aromatic carbocycles. The Morgan fingerprint density at radius 2 is 2.36 bits per heavy atom. The average molecular weight is 188 g/mol. The molecule has 14 heavy (non-hydrogen) atoms. The second kappa shape index (κ2) is 2.78. The zero-order valence-electron chi connectivity index (χ0n) is 8.14. The summed E-state index contributed by atoms with van der Waals surface area (Å²) in [4.78, 5) is 11.0. The van der Waals surface area contributed by atoms with Crippen molar-refractivity contribution in [3.63, 3.8) is 0 Å². The van der Waals surface area contributed by atoms with E-state index in [1.165, 1.54) is 11.4 Å². The van der Waals surface area contributed by atoms with Crippen molar-refractivity contribution in [3.8, 4) is 0 Å². The van der Waals surface area contributed by atoms with Crippen LogP contribution in [0.2, 0.25) is 0 Å². The van der Waals surface area contributed by atoms with Gasteiger partial charge in [0.25, 0.3) is 0 Å². The molecule has 0 saturated heterocycles. The molecule has 2 aromatic heterocycles. The van der Waals surface area contributed by atoms with Crippen molar-refractivity contribution >= 4 is 5.65 Å². The zero-order valence-corrected chi connectivity index (χ0v) is 8.14. The van der Waals surface area contributed by atoms with Crippen LogP contribution in [0.3, 0.4) is 0 Å². The molecule has 0 atom stereocenters. The fraction of sp³-hybridized carbons (Fsp3) is 0.400. The van der Waals surface area contributed by atoms with Crippen molar-refractivity contribution in [1.29, 1.82) is 0 Å². The molecule has 2 aromatic rings. The van der Waals surface area contributed by atoms with Crippen LogP contribution in [0.15, 0.2) is 18.6 Å². The van der Waals surface area contributed by atoms with E-state index < -0.39 is 0 Å². The number of rotatable bonds is 0. The van der Waals surface area contributed by atoms with Crippen molar-refractivity contribution < 1.29 is 0 Å². The molecule has 0 unspecified atom stereocenters. The fourth-order valence-corrected chi connectivity index (χ4v) is 2.01. The van der Waals surface area contributed by atoms with Gasteiger partial charge in [-0.2, -0.15) is 0 Å². The smallest absolute Gasteiger partial charge is 0.155 e. The molecule has 0 aliphatic carbocycles. The standard InChI is InChI=1S/C10H12N4/c1-13-4-2-8-9(7-13)14-5-3-11-6-10(14)12-8/h3,5-6H,2,4,7H2,1H3. The molecule has 1 aliphatic rings. The first-order chi connectivity index (χ1) is 6.84. The Labute approximate surface area is 82.2 Å². The van der Waals surface area contributed by atoms with E-state index in [0.29, 0.717) is 0 Å². The summed E-state index contributed by atoms with van der Waals surface area (Å²) in [5.41, 5.74) is 3.51. The SMILES string of the molecule is CN1CCc2nc3cnccn3c2C1. The van der Waals surface area contributed by atoms with Crippen molar-refractivity contribution in [3.05, 3.63) is 30.0 Å². The minimum absolute atomic E-state index is 0.966. The van der Waals surface area contributed by atoms with Crippen LogP contribution in [0.25, 0.3) is 5.65 Å². The minimum Gasteiger partial charge on any atom is -0.300 e. The summed E-state index contributed by atoms with van der Waals surface area (Å²) in [6.45, 7) is 2.09. The zero-order chi connectivity index (χ0) is 9.54. The van der Waals surface area contributed by atoms with E-state index in [4.69, 9.17) is 0 Å². The number of hydrogen-bond donors (Lipinski definition) is 0. The van der Waals surface area contributed by atoms with Crippen LogP contribution in [0.5, 0.6) is 0 Å². The molecule has 72 valence electrons. The van der Waals surface area contributed by atoms with Gasteiger partial charge < -0.3 is 4.90 Å². The third-order valence-electron chi connectivity index (χ3n) is 2.76. The Hall–Kier alpha value is -1.42. The topological polar surface area (TPSA) is 33.4 Å². The van der Waals surface area contributed by atoms with Gasteiger partial charge in [-0.25, -0.2) is 4.98 Å². The summed E-state index contributed by atoms with van der Waals surface area (Å²) in [6, 6.07) is 0. The second-order valence-electron chi connectivity index (χ2n) is 3.80. The van der Waals surface area contributed by atoms with Crippen LogP contribution in [0.1, 0.15) is 11.4 Å². The lowest BCUT2D eigenvalue weighted by Gasteiger charge is -2.21. The summed E-state index contributed by atoms with van der Waals surface area (Å²) in [5, 5.41) is 0. The highest BCUT2D eigenvalue weighted by molar-refractivity contribution is 5.41. The monoisotopic (exact) mass is 188 g/mol. The lowest BCUT2D eigenvalue weighted by Crippen LogP contribution is -2.27. The predicted molar refractivity (Wildman–Crippen MR) is 53.0 cm³/mol. The molecule has 0 fully saturated rings. The highest BCUT2D eigenvalue weighted by atomic mass is 15.2. The van der Waals surface area contributed by atoms with Crippen LogP contribution >= 0.6 is 0 Å². The maximum atomic E-state index is 4.56. The van der Waals surface area contributed by atoms with E-state index >= 15 is 0 Å². The molecule has 3 rings (SSSR count). The van der Waals surface area contributed by atoms with Crippen molar-refractivity contribution in [2.45, 2.75) is 13.0 Å². The highest BCUT2D eigenvalue weighted by Gasteiger charge is 2.18. The number of aromatic nitrogens is 3. The fourth-order valence-electron chi connectivity index (χ4n) is 2.01. The summed E-state index contributed by atoms with van der Waals surface area (Å²) in [6.07, 6.45) is 6.66. The van der Waals surface area contributed by atoms with Crippen LogP contribution < -0.4 is 0 Å². The van der Waals surface area contributed by atoms with Gasteiger partial charge in [0.05, 0.1) is 17.6 Å². The maximum absolute atomic E-state index is 4.56. The average Bonchev–Trinajstić information content (AvgIpc) is 2.56. The summed E-state index contributed by atoms with van der Waals surface area (Å²) in [7, 11) is 2.14. The summed E-state index contributed by atoms with van der Waals surface area (Å²) in [5.74, 6) is 0. The van der Waals surface area contributed by atoms with E-state index in [0.717, 1.165) is 25.2 Å². The first-order valence-corrected chi connectivity index (χ1v) is 4.83. The van der Waals surface area contributed by atoms with Gasteiger partial charge in [-0.15, -0.1) is 0 Å². The molecule has 0 radical (unpaired) electrons. The van der Waals surface area contributed by atoms with Gasteiger partial charge in [-0.3, -0.25) is 9.38 Å². The van der Waals surface area contributed by atoms with Gasteiger partial charge in [0.1, 0.15) is 0 Å². The molecule has 0 N–H and O–H groups in total. The molecule has 0 amide bonds. The van der Waals surface area contributed by atoms with Crippen LogP contribution in [0, 0.1) is 0 Å². The van der Waals surface area contributed by atoms with Crippen LogP contribution in [-0.2, 0) is 13.0 Å². The summed E-state index contributed by atoms with van der Waals surface area (Å²) < 4.78 is 2.14. The minimum atomic E-state index is 0.966. The molecule has 3 heterocycles. The Morgan fingerprint density at radius 3 is 3.29 bits per heavy atom. The first-order valence-electron chi connectivity index (χ1n) is 4.83. The molecule has 0 spiro atoms. The molecule has 1 aliphatic heterocycles. The number of fused-ring (bicyclic) bond motifs is 3. The highest BCUT2D eigenvalue weighted by Crippen LogP contribution is 2.18. The third kappa shape index (κ3) is 1.04. The van der Waals surface area contributed by atoms with E-state index in [1.807, 2.05) is 18.6 Å². The van der Waals surface area contributed by atoms with Gasteiger partial charge in [-0.05, 0) is 7.05 Å². The van der Waals surface area contributed by atoms with Crippen molar-refractivity contribution in [2.24, 2.45) is 0 Å². The Morgan fingerprint density at radius 1 is 1.43 bits per heavy atom.